The average Bonchev–Trinajstić information content (AvgIpc) is 1.85. The third-order valence-corrected chi connectivity index (χ3v) is 2.98. The number of hydrogen-bond acceptors (Lipinski definition) is 2. The molecule has 0 aromatic carbocycles. The molecule has 1 heterocycles. The van der Waals surface area contributed by atoms with Gasteiger partial charge in [-0.25, -0.2) is 0 Å². The van der Waals surface area contributed by atoms with Crippen molar-refractivity contribution in [3.05, 3.63) is 11.1 Å². The van der Waals surface area contributed by atoms with E-state index in [9.17, 15) is 0 Å². The van der Waals surface area contributed by atoms with E-state index in [-0.39, 0.29) is 4.75 Å². The molecule has 0 N–H and O–H groups in total. The van der Waals surface area contributed by atoms with Gasteiger partial charge in [-0.3, -0.25) is 4.99 Å². The van der Waals surface area contributed by atoms with Gasteiger partial charge in [-0.1, -0.05) is 13.8 Å². The zero-order valence-electron chi connectivity index (χ0n) is 7.59. The molecule has 0 spiro atoms. The summed E-state index contributed by atoms with van der Waals surface area (Å²) in [5.74, 6) is 0.608. The predicted octanol–water partition coefficient (Wildman–Crippen LogP) is 3.08. The highest BCUT2D eigenvalue weighted by Gasteiger charge is 2.21. The second-order valence-corrected chi connectivity index (χ2v) is 5.40. The van der Waals surface area contributed by atoms with E-state index in [2.05, 4.69) is 32.7 Å². The molecule has 0 amide bonds. The van der Waals surface area contributed by atoms with E-state index in [1.54, 1.807) is 0 Å². The van der Waals surface area contributed by atoms with Crippen molar-refractivity contribution in [2.75, 3.05) is 0 Å². The van der Waals surface area contributed by atoms with Crippen molar-refractivity contribution in [1.29, 1.82) is 0 Å². The molecule has 0 aromatic heterocycles. The Morgan fingerprint density at radius 2 is 2.09 bits per heavy atom. The highest BCUT2D eigenvalue weighted by molar-refractivity contribution is 8.05. The van der Waals surface area contributed by atoms with Crippen LogP contribution in [0.1, 0.15) is 27.7 Å². The Morgan fingerprint density at radius 3 is 2.45 bits per heavy atom. The minimum Gasteiger partial charge on any atom is -0.267 e. The molecule has 0 bridgehead atoms. The Kier molecular flexibility index (Phi) is 2.43. The van der Waals surface area contributed by atoms with Crippen LogP contribution in [0.5, 0.6) is 0 Å². The van der Waals surface area contributed by atoms with Crippen LogP contribution in [-0.2, 0) is 0 Å². The van der Waals surface area contributed by atoms with Crippen molar-refractivity contribution >= 4 is 18.0 Å². The SMILES string of the molecule is CC(C)C1=CN=CC(C)(C)S1. The zero-order valence-corrected chi connectivity index (χ0v) is 8.40. The molecule has 0 saturated heterocycles. The van der Waals surface area contributed by atoms with Crippen LogP contribution in [-0.4, -0.2) is 11.0 Å². The summed E-state index contributed by atoms with van der Waals surface area (Å²) in [6.07, 6.45) is 3.98. The molecule has 0 aromatic rings. The quantitative estimate of drug-likeness (QED) is 0.587. The first-order valence-electron chi connectivity index (χ1n) is 3.95. The van der Waals surface area contributed by atoms with Gasteiger partial charge >= 0.3 is 0 Å². The second kappa shape index (κ2) is 3.02. The van der Waals surface area contributed by atoms with Crippen LogP contribution in [0.2, 0.25) is 0 Å². The van der Waals surface area contributed by atoms with Gasteiger partial charge in [0, 0.05) is 22.1 Å². The number of thioether (sulfide) groups is 1. The summed E-state index contributed by atoms with van der Waals surface area (Å²) in [6.45, 7) is 8.79. The first-order valence-corrected chi connectivity index (χ1v) is 4.76. The molecular weight excluding hydrogens is 154 g/mol. The minimum absolute atomic E-state index is 0.189. The molecule has 0 radical (unpaired) electrons. The molecule has 1 rings (SSSR count). The number of allylic oxidation sites excluding steroid dienone is 1. The van der Waals surface area contributed by atoms with Crippen molar-refractivity contribution < 1.29 is 0 Å². The van der Waals surface area contributed by atoms with Gasteiger partial charge < -0.3 is 0 Å². The van der Waals surface area contributed by atoms with Crippen molar-refractivity contribution in [2.24, 2.45) is 10.9 Å². The normalized spacial score (nSPS) is 22.1. The lowest BCUT2D eigenvalue weighted by Crippen LogP contribution is -2.19. The van der Waals surface area contributed by atoms with Gasteiger partial charge in [0.25, 0.3) is 0 Å². The summed E-state index contributed by atoms with van der Waals surface area (Å²) in [5, 5.41) is 0. The summed E-state index contributed by atoms with van der Waals surface area (Å²) in [5.41, 5.74) is 0. The van der Waals surface area contributed by atoms with Crippen molar-refractivity contribution in [2.45, 2.75) is 32.4 Å². The third kappa shape index (κ3) is 2.37. The Hall–Kier alpha value is -0.240. The van der Waals surface area contributed by atoms with Gasteiger partial charge in [0.15, 0.2) is 0 Å². The minimum atomic E-state index is 0.189. The standard InChI is InChI=1S/C9H15NS/c1-7(2)8-5-10-6-9(3,4)11-8/h5-7H,1-4H3. The Morgan fingerprint density at radius 1 is 1.45 bits per heavy atom. The second-order valence-electron chi connectivity index (χ2n) is 3.67. The fourth-order valence-electron chi connectivity index (χ4n) is 0.914. The fraction of sp³-hybridized carbons (Fsp3) is 0.667. The summed E-state index contributed by atoms with van der Waals surface area (Å²) in [4.78, 5) is 5.61. The summed E-state index contributed by atoms with van der Waals surface area (Å²) < 4.78 is 0.189. The van der Waals surface area contributed by atoms with Crippen molar-refractivity contribution in [3.8, 4) is 0 Å². The van der Waals surface area contributed by atoms with Crippen molar-refractivity contribution in [3.63, 3.8) is 0 Å². The largest absolute Gasteiger partial charge is 0.267 e. The monoisotopic (exact) mass is 169 g/mol. The van der Waals surface area contributed by atoms with Crippen LogP contribution in [0.25, 0.3) is 0 Å². The summed E-state index contributed by atoms with van der Waals surface area (Å²) in [7, 11) is 0. The lowest BCUT2D eigenvalue weighted by atomic mass is 10.2. The Bertz CT molecular complexity index is 202. The van der Waals surface area contributed by atoms with Crippen LogP contribution in [0.15, 0.2) is 16.1 Å². The van der Waals surface area contributed by atoms with Crippen LogP contribution in [0, 0.1) is 5.92 Å². The number of aliphatic imine (C=N–C) groups is 1. The summed E-state index contributed by atoms with van der Waals surface area (Å²) >= 11 is 1.91. The molecule has 1 aliphatic heterocycles. The van der Waals surface area contributed by atoms with Gasteiger partial charge in [0.05, 0.1) is 0 Å². The van der Waals surface area contributed by atoms with Gasteiger partial charge in [-0.2, -0.15) is 0 Å². The maximum absolute atomic E-state index is 4.22. The molecule has 0 atom stereocenters. The molecule has 0 saturated carbocycles. The Labute approximate surface area is 73.0 Å². The number of hydrogen-bond donors (Lipinski definition) is 0. The molecule has 1 nitrogen and oxygen atoms in total. The van der Waals surface area contributed by atoms with E-state index in [1.165, 1.54) is 4.91 Å². The van der Waals surface area contributed by atoms with Crippen LogP contribution in [0.4, 0.5) is 0 Å². The van der Waals surface area contributed by atoms with E-state index in [0.29, 0.717) is 5.92 Å². The van der Waals surface area contributed by atoms with Gasteiger partial charge in [-0.05, 0) is 19.8 Å². The summed E-state index contributed by atoms with van der Waals surface area (Å²) in [6, 6.07) is 0. The fourth-order valence-corrected chi connectivity index (χ4v) is 1.98. The first-order chi connectivity index (χ1) is 5.01. The van der Waals surface area contributed by atoms with Crippen LogP contribution < -0.4 is 0 Å². The highest BCUT2D eigenvalue weighted by atomic mass is 32.2. The number of nitrogens with zero attached hydrogens (tertiary/aromatic N) is 1. The number of rotatable bonds is 1. The van der Waals surface area contributed by atoms with E-state index >= 15 is 0 Å². The zero-order chi connectivity index (χ0) is 8.48. The lowest BCUT2D eigenvalue weighted by molar-refractivity contribution is 0.805. The predicted molar refractivity (Wildman–Crippen MR) is 53.1 cm³/mol. The van der Waals surface area contributed by atoms with E-state index in [0.717, 1.165) is 0 Å². The van der Waals surface area contributed by atoms with Gasteiger partial charge in [0.2, 0.25) is 0 Å². The van der Waals surface area contributed by atoms with E-state index < -0.39 is 0 Å². The molecule has 2 heteroatoms. The molecular formula is C9H15NS. The molecule has 62 valence electrons. The molecule has 1 aliphatic rings. The average molecular weight is 169 g/mol. The first kappa shape index (κ1) is 8.85. The van der Waals surface area contributed by atoms with Crippen LogP contribution in [0.3, 0.4) is 0 Å². The van der Waals surface area contributed by atoms with Crippen LogP contribution >= 0.6 is 11.8 Å². The van der Waals surface area contributed by atoms with Gasteiger partial charge in [-0.15, -0.1) is 11.8 Å². The molecule has 0 unspecified atom stereocenters. The van der Waals surface area contributed by atoms with E-state index in [1.807, 2.05) is 24.2 Å². The maximum Gasteiger partial charge on any atom is 0.0499 e. The topological polar surface area (TPSA) is 12.4 Å². The van der Waals surface area contributed by atoms with Crippen molar-refractivity contribution in [1.82, 2.24) is 0 Å². The molecule has 11 heavy (non-hydrogen) atoms. The lowest BCUT2D eigenvalue weighted by Gasteiger charge is -2.24. The van der Waals surface area contributed by atoms with E-state index in [4.69, 9.17) is 0 Å². The maximum atomic E-state index is 4.22. The van der Waals surface area contributed by atoms with Gasteiger partial charge in [0.1, 0.15) is 0 Å². The smallest absolute Gasteiger partial charge is 0.0499 e. The highest BCUT2D eigenvalue weighted by Crippen LogP contribution is 2.36. The third-order valence-electron chi connectivity index (χ3n) is 1.54. The molecule has 0 aliphatic carbocycles. The molecule has 0 fully saturated rings. The Balaban J connectivity index is 2.73.